The second kappa shape index (κ2) is 8.78. The molecule has 4 heterocycles. The first-order chi connectivity index (χ1) is 15.3. The summed E-state index contributed by atoms with van der Waals surface area (Å²) < 4.78 is 8.03. The van der Waals surface area contributed by atoms with Gasteiger partial charge in [0.25, 0.3) is 5.91 Å². The summed E-state index contributed by atoms with van der Waals surface area (Å²) in [4.78, 5) is 38.4. The van der Waals surface area contributed by atoms with E-state index in [0.717, 1.165) is 0 Å². The molecule has 2 aromatic heterocycles. The van der Waals surface area contributed by atoms with Crippen LogP contribution in [0.4, 0.5) is 5.69 Å². The molecule has 0 aromatic carbocycles. The van der Waals surface area contributed by atoms with E-state index in [1.165, 1.54) is 40.2 Å². The Hall–Kier alpha value is -3.13. The molecule has 0 aliphatic carbocycles. The van der Waals surface area contributed by atoms with Crippen LogP contribution in [0.5, 0.6) is 0 Å². The molecule has 1 amide bonds. The van der Waals surface area contributed by atoms with Crippen LogP contribution >= 0.6 is 23.5 Å². The maximum Gasteiger partial charge on any atom is 0.352 e. The van der Waals surface area contributed by atoms with Crippen LogP contribution in [0, 0.1) is 0 Å². The van der Waals surface area contributed by atoms with Gasteiger partial charge in [0.2, 0.25) is 5.16 Å². The Morgan fingerprint density at radius 3 is 2.91 bits per heavy atom. The molecule has 1 saturated heterocycles. The predicted octanol–water partition coefficient (Wildman–Crippen LogP) is -0.352. The molecule has 4 rings (SSSR count). The molecule has 12 nitrogen and oxygen atoms in total. The topological polar surface area (TPSA) is 143 Å². The molecule has 0 radical (unpaired) electrons. The number of carbonyl (C=O) groups is 3. The van der Waals surface area contributed by atoms with Crippen molar-refractivity contribution >= 4 is 47.1 Å². The van der Waals surface area contributed by atoms with Gasteiger partial charge in [-0.2, -0.15) is 0 Å². The number of nitrogens with zero attached hydrogens (tertiary/aromatic N) is 6. The monoisotopic (exact) mass is 478 g/mol. The molecule has 1 fully saturated rings. The van der Waals surface area contributed by atoms with E-state index in [2.05, 4.69) is 20.8 Å². The first-order valence-corrected chi connectivity index (χ1v) is 11.4. The van der Waals surface area contributed by atoms with E-state index >= 15 is 0 Å². The van der Waals surface area contributed by atoms with Crippen molar-refractivity contribution in [3.05, 3.63) is 35.3 Å². The standard InChI is InChI=1S/C18H19N7O5S2/c1-23-5-4-11(10(6-23)17(29)30-3)19-12-14(26)25-13(16(27)28)9(7-31-15(12)25)8-32-18-20-21-22-24(18)2/h4-6,12,15H,7-8H2,1-3H3,(H,27,28)/p+1/t12-,15-/m1/s1. The predicted molar refractivity (Wildman–Crippen MR) is 114 cm³/mol. The van der Waals surface area contributed by atoms with Crippen molar-refractivity contribution in [1.29, 1.82) is 0 Å². The summed E-state index contributed by atoms with van der Waals surface area (Å²) in [6, 6.07) is 1.02. The van der Waals surface area contributed by atoms with Crippen LogP contribution in [0.2, 0.25) is 0 Å². The van der Waals surface area contributed by atoms with Gasteiger partial charge in [0, 0.05) is 24.6 Å². The first-order valence-electron chi connectivity index (χ1n) is 9.41. The maximum atomic E-state index is 13.0. The van der Waals surface area contributed by atoms with Gasteiger partial charge in [0.05, 0.1) is 12.8 Å². The fourth-order valence-electron chi connectivity index (χ4n) is 3.45. The number of rotatable bonds is 7. The number of aromatic nitrogens is 5. The lowest BCUT2D eigenvalue weighted by molar-refractivity contribution is -0.671. The van der Waals surface area contributed by atoms with Gasteiger partial charge in [-0.1, -0.05) is 11.8 Å². The Bertz CT molecular complexity index is 1130. The summed E-state index contributed by atoms with van der Waals surface area (Å²) in [5.74, 6) is -1.27. The van der Waals surface area contributed by atoms with Gasteiger partial charge in [-0.3, -0.25) is 9.69 Å². The van der Waals surface area contributed by atoms with Crippen molar-refractivity contribution in [3.63, 3.8) is 0 Å². The van der Waals surface area contributed by atoms with Crippen LogP contribution in [0.15, 0.2) is 34.9 Å². The number of carboxylic acid groups (broad SMARTS) is 1. The molecule has 2 atom stereocenters. The number of carbonyl (C=O) groups excluding carboxylic acids is 2. The Balaban J connectivity index is 1.54. The van der Waals surface area contributed by atoms with E-state index in [0.29, 0.717) is 27.9 Å². The molecule has 0 unspecified atom stereocenters. The van der Waals surface area contributed by atoms with Crippen LogP contribution in [0.3, 0.4) is 0 Å². The number of anilines is 1. The molecule has 0 saturated carbocycles. The van der Waals surface area contributed by atoms with E-state index < -0.39 is 23.4 Å². The number of carboxylic acids is 1. The highest BCUT2D eigenvalue weighted by Gasteiger charge is 2.53. The molecule has 14 heteroatoms. The van der Waals surface area contributed by atoms with Crippen LogP contribution in [-0.2, 0) is 28.4 Å². The fraction of sp³-hybridized carbons (Fsp3) is 0.389. The Kier molecular flexibility index (Phi) is 6.06. The molecule has 2 aromatic rings. The molecule has 32 heavy (non-hydrogen) atoms. The smallest absolute Gasteiger partial charge is 0.352 e. The lowest BCUT2D eigenvalue weighted by Crippen LogP contribution is -2.67. The van der Waals surface area contributed by atoms with Gasteiger partial charge < -0.3 is 15.2 Å². The third-order valence-electron chi connectivity index (χ3n) is 5.02. The van der Waals surface area contributed by atoms with Crippen molar-refractivity contribution in [1.82, 2.24) is 25.1 Å². The summed E-state index contributed by atoms with van der Waals surface area (Å²) in [5.41, 5.74) is 1.35. The summed E-state index contributed by atoms with van der Waals surface area (Å²) in [5, 5.41) is 24.3. The lowest BCUT2D eigenvalue weighted by atomic mass is 10.0. The Morgan fingerprint density at radius 2 is 2.25 bits per heavy atom. The molecule has 0 bridgehead atoms. The van der Waals surface area contributed by atoms with Crippen LogP contribution in [0.1, 0.15) is 10.4 Å². The summed E-state index contributed by atoms with van der Waals surface area (Å²) >= 11 is 2.77. The third kappa shape index (κ3) is 3.90. The number of methoxy groups -OCH3 is 1. The fourth-order valence-corrected chi connectivity index (χ4v) is 5.79. The van der Waals surface area contributed by atoms with Crippen LogP contribution in [-0.4, -0.2) is 78.1 Å². The number of β-lactam (4-membered cyclic amide) rings is 1. The van der Waals surface area contributed by atoms with E-state index in [-0.39, 0.29) is 17.2 Å². The number of pyridine rings is 1. The zero-order valence-corrected chi connectivity index (χ0v) is 19.0. The number of aliphatic carboxylic acids is 1. The van der Waals surface area contributed by atoms with Gasteiger partial charge in [-0.05, 0) is 16.0 Å². The Morgan fingerprint density at radius 1 is 1.47 bits per heavy atom. The highest BCUT2D eigenvalue weighted by molar-refractivity contribution is 8.01. The van der Waals surface area contributed by atoms with Crippen molar-refractivity contribution in [2.24, 2.45) is 14.1 Å². The normalized spacial score (nSPS) is 20.0. The van der Waals surface area contributed by atoms with E-state index in [1.54, 1.807) is 37.1 Å². The van der Waals surface area contributed by atoms with Gasteiger partial charge in [0.1, 0.15) is 29.7 Å². The van der Waals surface area contributed by atoms with Crippen LogP contribution in [0.25, 0.3) is 0 Å². The summed E-state index contributed by atoms with van der Waals surface area (Å²) in [6.45, 7) is 0. The number of esters is 1. The Labute approximate surface area is 191 Å². The molecule has 0 spiro atoms. The molecule has 2 aliphatic heterocycles. The van der Waals surface area contributed by atoms with Crippen LogP contribution < -0.4 is 9.88 Å². The maximum absolute atomic E-state index is 13.0. The number of hydrogen-bond acceptors (Lipinski definition) is 10. The second-order valence-electron chi connectivity index (χ2n) is 7.09. The average Bonchev–Trinajstić information content (AvgIpc) is 3.19. The minimum Gasteiger partial charge on any atom is -0.477 e. The highest BCUT2D eigenvalue weighted by Crippen LogP contribution is 2.42. The number of hydrogen-bond donors (Lipinski definition) is 2. The largest absolute Gasteiger partial charge is 0.477 e. The minimum absolute atomic E-state index is 0.00733. The average molecular weight is 479 g/mol. The van der Waals surface area contributed by atoms with Gasteiger partial charge in [-0.15, -0.1) is 16.9 Å². The van der Waals surface area contributed by atoms with E-state index in [4.69, 9.17) is 4.74 Å². The summed E-state index contributed by atoms with van der Waals surface area (Å²) in [7, 11) is 4.75. The number of tetrazole rings is 1. The van der Waals surface area contributed by atoms with Gasteiger partial charge >= 0.3 is 11.9 Å². The van der Waals surface area contributed by atoms with Crippen molar-refractivity contribution in [3.8, 4) is 0 Å². The second-order valence-corrected chi connectivity index (χ2v) is 9.14. The summed E-state index contributed by atoms with van der Waals surface area (Å²) in [6.07, 6.45) is 3.34. The number of aryl methyl sites for hydroxylation is 2. The number of nitrogens with one attached hydrogen (secondary N) is 1. The molecular weight excluding hydrogens is 458 g/mol. The van der Waals surface area contributed by atoms with Crippen molar-refractivity contribution in [2.75, 3.05) is 23.9 Å². The SMILES string of the molecule is COC(=O)c1c[n+](C)ccc1N[C@@H]1C(=O)N2C(C(=O)O)=C(CSc3nnnn3C)CS[C@H]12. The quantitative estimate of drug-likeness (QED) is 0.233. The van der Waals surface area contributed by atoms with E-state index in [9.17, 15) is 19.5 Å². The number of amides is 1. The zero-order chi connectivity index (χ0) is 23.0. The number of thioether (sulfide) groups is 2. The van der Waals surface area contributed by atoms with Gasteiger partial charge in [-0.25, -0.2) is 18.8 Å². The van der Waals surface area contributed by atoms with Gasteiger partial charge in [0.15, 0.2) is 12.4 Å². The third-order valence-corrected chi connectivity index (χ3v) is 7.46. The minimum atomic E-state index is -1.16. The molecule has 2 N–H and O–H groups in total. The van der Waals surface area contributed by atoms with Crippen molar-refractivity contribution < 1.29 is 28.8 Å². The zero-order valence-electron chi connectivity index (χ0n) is 17.4. The number of ether oxygens (including phenoxy) is 1. The molecular formula is C18H20N7O5S2+. The molecule has 168 valence electrons. The lowest BCUT2D eigenvalue weighted by Gasteiger charge is -2.49. The first kappa shape index (κ1) is 22.1. The van der Waals surface area contributed by atoms with E-state index in [1.807, 2.05) is 0 Å². The number of fused-ring (bicyclic) bond motifs is 1. The highest BCUT2D eigenvalue weighted by atomic mass is 32.2. The van der Waals surface area contributed by atoms with Crippen molar-refractivity contribution in [2.45, 2.75) is 16.6 Å². The molecule has 2 aliphatic rings.